The minimum atomic E-state index is -0.758. The van der Waals surface area contributed by atoms with Gasteiger partial charge in [0.15, 0.2) is 0 Å². The van der Waals surface area contributed by atoms with Crippen molar-refractivity contribution < 1.29 is 19.4 Å². The summed E-state index contributed by atoms with van der Waals surface area (Å²) in [6.07, 6.45) is 5.80. The first kappa shape index (κ1) is 22.9. The highest BCUT2D eigenvalue weighted by Gasteiger charge is 2.45. The smallest absolute Gasteiger partial charge is 0.295 e. The lowest BCUT2D eigenvalue weighted by Crippen LogP contribution is -2.31. The lowest BCUT2D eigenvalue weighted by Gasteiger charge is -2.25. The Kier molecular flexibility index (Phi) is 6.72. The number of rotatable bonds is 7. The van der Waals surface area contributed by atoms with Crippen molar-refractivity contribution in [2.75, 3.05) is 13.7 Å². The van der Waals surface area contributed by atoms with Crippen LogP contribution in [0.4, 0.5) is 0 Å². The van der Waals surface area contributed by atoms with E-state index in [1.807, 2.05) is 10.8 Å². The van der Waals surface area contributed by atoms with E-state index in [0.29, 0.717) is 41.4 Å². The summed E-state index contributed by atoms with van der Waals surface area (Å²) in [5.41, 5.74) is 0.991. The molecule has 0 spiro atoms. The van der Waals surface area contributed by atoms with Crippen LogP contribution in [-0.4, -0.2) is 44.9 Å². The van der Waals surface area contributed by atoms with Gasteiger partial charge in [-0.3, -0.25) is 9.59 Å². The number of carbonyl (C=O) groups excluding carboxylic acids is 2. The van der Waals surface area contributed by atoms with Crippen LogP contribution in [-0.2, 0) is 16.1 Å². The molecule has 2 aromatic carbocycles. The predicted octanol–water partition coefficient (Wildman–Crippen LogP) is 4.71. The predicted molar refractivity (Wildman–Crippen MR) is 125 cm³/mol. The molecule has 2 heterocycles. The molecule has 1 aliphatic rings. The third-order valence-corrected chi connectivity index (χ3v) is 6.07. The normalized spacial score (nSPS) is 17.5. The van der Waals surface area contributed by atoms with Gasteiger partial charge in [0.25, 0.3) is 11.7 Å². The molecular weight excluding hydrogens is 465 g/mol. The number of ether oxygens (including phenoxy) is 1. The number of likely N-dealkylation sites (tertiary alicyclic amines) is 1. The fraction of sp³-hybridized carbons (Fsp3) is 0.208. The number of benzene rings is 2. The van der Waals surface area contributed by atoms with Crippen molar-refractivity contribution >= 4 is 40.7 Å². The van der Waals surface area contributed by atoms with Crippen LogP contribution in [0.1, 0.15) is 23.6 Å². The molecule has 9 heteroatoms. The van der Waals surface area contributed by atoms with Crippen molar-refractivity contribution in [3.05, 3.63) is 87.9 Å². The van der Waals surface area contributed by atoms with Crippen LogP contribution < -0.4 is 4.74 Å². The summed E-state index contributed by atoms with van der Waals surface area (Å²) in [5.74, 6) is -1.28. The van der Waals surface area contributed by atoms with Crippen molar-refractivity contribution in [2.24, 2.45) is 0 Å². The fourth-order valence-electron chi connectivity index (χ4n) is 3.91. The third kappa shape index (κ3) is 4.60. The zero-order valence-corrected chi connectivity index (χ0v) is 19.3. The van der Waals surface area contributed by atoms with Crippen LogP contribution in [0.15, 0.2) is 66.8 Å². The van der Waals surface area contributed by atoms with E-state index in [4.69, 9.17) is 27.9 Å². The summed E-state index contributed by atoms with van der Waals surface area (Å²) in [6, 6.07) is 10.8. The summed E-state index contributed by atoms with van der Waals surface area (Å²) in [7, 11) is 1.48. The number of carbonyl (C=O) groups is 2. The van der Waals surface area contributed by atoms with Crippen LogP contribution in [0.2, 0.25) is 10.0 Å². The molecule has 33 heavy (non-hydrogen) atoms. The summed E-state index contributed by atoms with van der Waals surface area (Å²) in [4.78, 5) is 31.6. The van der Waals surface area contributed by atoms with E-state index < -0.39 is 17.7 Å². The maximum atomic E-state index is 13.1. The van der Waals surface area contributed by atoms with Crippen LogP contribution in [0.3, 0.4) is 0 Å². The fourth-order valence-corrected chi connectivity index (χ4v) is 4.30. The monoisotopic (exact) mass is 485 g/mol. The Labute approximate surface area is 200 Å². The molecule has 1 amide bonds. The maximum Gasteiger partial charge on any atom is 0.295 e. The number of hydrogen-bond acceptors (Lipinski definition) is 5. The number of aromatic nitrogens is 2. The molecule has 3 aromatic rings. The molecule has 1 saturated heterocycles. The number of ketones is 1. The first-order valence-corrected chi connectivity index (χ1v) is 11.0. The Hall–Kier alpha value is -3.29. The van der Waals surface area contributed by atoms with E-state index >= 15 is 0 Å². The summed E-state index contributed by atoms with van der Waals surface area (Å²) in [6.45, 7) is 0.945. The van der Waals surface area contributed by atoms with Crippen LogP contribution in [0.5, 0.6) is 5.75 Å². The second kappa shape index (κ2) is 9.68. The van der Waals surface area contributed by atoms with Crippen LogP contribution in [0, 0.1) is 0 Å². The Morgan fingerprint density at radius 3 is 2.52 bits per heavy atom. The van der Waals surface area contributed by atoms with Crippen LogP contribution >= 0.6 is 23.2 Å². The van der Waals surface area contributed by atoms with Gasteiger partial charge in [-0.15, -0.1) is 0 Å². The summed E-state index contributed by atoms with van der Waals surface area (Å²) >= 11 is 12.3. The topological polar surface area (TPSA) is 84.7 Å². The molecule has 1 N–H and O–H groups in total. The van der Waals surface area contributed by atoms with Crippen molar-refractivity contribution in [2.45, 2.75) is 19.0 Å². The SMILES string of the molecule is COc1ccc(/C(O)=C2\C(=O)C(=O)N(CCCn3ccnc3)[C@@H]2c2ccc(Cl)cc2)cc1Cl. The van der Waals surface area contributed by atoms with Gasteiger partial charge in [-0.05, 0) is 42.3 Å². The van der Waals surface area contributed by atoms with Gasteiger partial charge < -0.3 is 19.3 Å². The van der Waals surface area contributed by atoms with E-state index in [9.17, 15) is 14.7 Å². The van der Waals surface area contributed by atoms with Gasteiger partial charge in [0.05, 0.1) is 30.1 Å². The van der Waals surface area contributed by atoms with Crippen molar-refractivity contribution in [3.63, 3.8) is 0 Å². The number of aryl methyl sites for hydroxylation is 1. The zero-order valence-electron chi connectivity index (χ0n) is 17.7. The number of hydrogen-bond donors (Lipinski definition) is 1. The maximum absolute atomic E-state index is 13.1. The van der Waals surface area contributed by atoms with E-state index in [0.717, 1.165) is 0 Å². The third-order valence-electron chi connectivity index (χ3n) is 5.53. The molecule has 4 rings (SSSR count). The van der Waals surface area contributed by atoms with Gasteiger partial charge in [0, 0.05) is 36.1 Å². The number of nitrogens with zero attached hydrogens (tertiary/aromatic N) is 3. The Bertz CT molecular complexity index is 1210. The number of aliphatic hydroxyl groups excluding tert-OH is 1. The number of imidazole rings is 1. The number of Topliss-reactive ketones (excluding diaryl/α,β-unsaturated/α-hetero) is 1. The van der Waals surface area contributed by atoms with Crippen molar-refractivity contribution in [3.8, 4) is 5.75 Å². The molecular formula is C24H21Cl2N3O4. The lowest BCUT2D eigenvalue weighted by molar-refractivity contribution is -0.139. The Morgan fingerprint density at radius 2 is 1.88 bits per heavy atom. The van der Waals surface area contributed by atoms with Gasteiger partial charge in [0.2, 0.25) is 0 Å². The van der Waals surface area contributed by atoms with Gasteiger partial charge in [-0.25, -0.2) is 4.98 Å². The number of halogens is 2. The van der Waals surface area contributed by atoms with Crippen molar-refractivity contribution in [1.82, 2.24) is 14.5 Å². The highest BCUT2D eigenvalue weighted by molar-refractivity contribution is 6.46. The molecule has 170 valence electrons. The number of methoxy groups -OCH3 is 1. The zero-order chi connectivity index (χ0) is 23.5. The number of aliphatic hydroxyl groups is 1. The Balaban J connectivity index is 1.74. The molecule has 0 bridgehead atoms. The minimum absolute atomic E-state index is 0.00573. The highest BCUT2D eigenvalue weighted by Crippen LogP contribution is 2.40. The van der Waals surface area contributed by atoms with Crippen LogP contribution in [0.25, 0.3) is 5.76 Å². The van der Waals surface area contributed by atoms with Gasteiger partial charge >= 0.3 is 0 Å². The van der Waals surface area contributed by atoms with E-state index in [2.05, 4.69) is 4.98 Å². The van der Waals surface area contributed by atoms with Gasteiger partial charge in [-0.2, -0.15) is 0 Å². The molecule has 1 atom stereocenters. The molecule has 0 radical (unpaired) electrons. The first-order chi connectivity index (χ1) is 15.9. The van der Waals surface area contributed by atoms with Gasteiger partial charge in [-0.1, -0.05) is 35.3 Å². The van der Waals surface area contributed by atoms with Crippen molar-refractivity contribution in [1.29, 1.82) is 0 Å². The van der Waals surface area contributed by atoms with E-state index in [-0.39, 0.29) is 16.4 Å². The molecule has 1 aliphatic heterocycles. The second-order valence-corrected chi connectivity index (χ2v) is 8.39. The summed E-state index contributed by atoms with van der Waals surface area (Å²) in [5, 5.41) is 11.9. The number of amides is 1. The molecule has 0 unspecified atom stereocenters. The average molecular weight is 486 g/mol. The van der Waals surface area contributed by atoms with Gasteiger partial charge in [0.1, 0.15) is 11.5 Å². The largest absolute Gasteiger partial charge is 0.507 e. The Morgan fingerprint density at radius 1 is 1.12 bits per heavy atom. The average Bonchev–Trinajstić information content (AvgIpc) is 3.41. The van der Waals surface area contributed by atoms with E-state index in [1.54, 1.807) is 48.9 Å². The standard InChI is InChI=1S/C24H21Cl2N3O4/c1-33-19-8-5-16(13-18(19)26)22(30)20-21(15-3-6-17(25)7-4-15)29(24(32)23(20)31)11-2-10-28-12-9-27-14-28/h3-9,12-14,21,30H,2,10-11H2,1H3/b22-20+/t21-/m1/s1. The quantitative estimate of drug-likeness (QED) is 0.297. The van der Waals surface area contributed by atoms with E-state index in [1.165, 1.54) is 18.1 Å². The second-order valence-electron chi connectivity index (χ2n) is 7.55. The highest BCUT2D eigenvalue weighted by atomic mass is 35.5. The minimum Gasteiger partial charge on any atom is -0.507 e. The molecule has 0 saturated carbocycles. The first-order valence-electron chi connectivity index (χ1n) is 10.2. The molecule has 7 nitrogen and oxygen atoms in total. The molecule has 1 aromatic heterocycles. The lowest BCUT2D eigenvalue weighted by atomic mass is 9.95. The molecule has 1 fully saturated rings. The summed E-state index contributed by atoms with van der Waals surface area (Å²) < 4.78 is 7.06. The molecule has 0 aliphatic carbocycles.